The van der Waals surface area contributed by atoms with Crippen molar-refractivity contribution in [3.63, 3.8) is 0 Å². The van der Waals surface area contributed by atoms with Gasteiger partial charge in [0.05, 0.1) is 95.3 Å². The Labute approximate surface area is 543 Å². The van der Waals surface area contributed by atoms with E-state index in [1.165, 1.54) is 12.1 Å². The van der Waals surface area contributed by atoms with Crippen LogP contribution in [-0.2, 0) is 0 Å². The van der Waals surface area contributed by atoms with Gasteiger partial charge in [0.2, 0.25) is 0 Å². The first-order chi connectivity index (χ1) is 46.6. The topological polar surface area (TPSA) is 112 Å². The summed E-state index contributed by atoms with van der Waals surface area (Å²) in [6.07, 6.45) is 3.48. The molecular formula is C85H48N8S. The number of hydrogen-bond acceptors (Lipinski definition) is 6. The molecule has 18 aromatic rings. The van der Waals surface area contributed by atoms with Crippen LogP contribution in [0, 0.1) is 34.0 Å². The summed E-state index contributed by atoms with van der Waals surface area (Å²) in [5.74, 6) is 0.408. The van der Waals surface area contributed by atoms with E-state index in [-0.39, 0.29) is 16.7 Å². The van der Waals surface area contributed by atoms with Crippen LogP contribution in [0.15, 0.2) is 291 Å². The van der Waals surface area contributed by atoms with E-state index in [0.29, 0.717) is 17.0 Å². The van der Waals surface area contributed by atoms with Gasteiger partial charge in [-0.15, -0.1) is 11.3 Å². The minimum Gasteiger partial charge on any atom is -0.307 e. The molecule has 8 nitrogen and oxygen atoms in total. The van der Waals surface area contributed by atoms with Crippen LogP contribution in [0.5, 0.6) is 0 Å². The maximum absolute atomic E-state index is 10.7. The molecule has 5 aromatic heterocycles. The summed E-state index contributed by atoms with van der Waals surface area (Å²) in [6.45, 7) is 0. The Balaban J connectivity index is 1.20. The number of para-hydroxylation sites is 6. The van der Waals surface area contributed by atoms with Crippen LogP contribution < -0.4 is 0 Å². The predicted octanol–water partition coefficient (Wildman–Crippen LogP) is 21.8. The van der Waals surface area contributed by atoms with Gasteiger partial charge in [0.15, 0.2) is 5.82 Å². The zero-order chi connectivity index (χ0) is 62.5. The van der Waals surface area contributed by atoms with Gasteiger partial charge in [0.25, 0.3) is 0 Å². The Morgan fingerprint density at radius 2 is 0.606 bits per heavy atom. The monoisotopic (exact) mass is 1210 g/mol. The van der Waals surface area contributed by atoms with Gasteiger partial charge in [-0.1, -0.05) is 231 Å². The van der Waals surface area contributed by atoms with Crippen molar-refractivity contribution in [3.8, 4) is 102 Å². The Morgan fingerprint density at radius 1 is 0.277 bits per heavy atom. The lowest BCUT2D eigenvalue weighted by Crippen LogP contribution is -2.11. The molecule has 0 fully saturated rings. The number of fused-ring (bicyclic) bond motifs is 12. The van der Waals surface area contributed by atoms with Gasteiger partial charge >= 0.3 is 0 Å². The molecule has 0 saturated carbocycles. The first-order valence-electron chi connectivity index (χ1n) is 31.1. The van der Waals surface area contributed by atoms with E-state index in [1.54, 1.807) is 23.7 Å². The molecule has 0 radical (unpaired) electrons. The van der Waals surface area contributed by atoms with Crippen LogP contribution in [-0.4, -0.2) is 23.7 Å². The molecule has 18 rings (SSSR count). The number of aromatic nitrogens is 5. The van der Waals surface area contributed by atoms with E-state index in [9.17, 15) is 15.8 Å². The summed E-state index contributed by atoms with van der Waals surface area (Å²) < 4.78 is 9.54. The van der Waals surface area contributed by atoms with Crippen LogP contribution in [0.25, 0.3) is 170 Å². The molecule has 0 atom stereocenters. The summed E-state index contributed by atoms with van der Waals surface area (Å²) in [7, 11) is 0. The number of thiophene rings is 1. The van der Waals surface area contributed by atoms with Gasteiger partial charge in [-0.3, -0.25) is 0 Å². The van der Waals surface area contributed by atoms with E-state index in [0.717, 1.165) is 153 Å². The van der Waals surface area contributed by atoms with Gasteiger partial charge in [-0.25, -0.2) is 9.97 Å². The minimum absolute atomic E-state index is 0.178. The molecule has 0 N–H and O–H groups in total. The van der Waals surface area contributed by atoms with Crippen LogP contribution in [0.1, 0.15) is 16.7 Å². The number of nitriles is 3. The lowest BCUT2D eigenvalue weighted by atomic mass is 9.80. The molecular weight excluding hydrogens is 1170 g/mol. The Kier molecular flexibility index (Phi) is 12.4. The highest BCUT2D eigenvalue weighted by molar-refractivity contribution is 7.27. The molecule has 434 valence electrons. The second-order valence-electron chi connectivity index (χ2n) is 23.6. The molecule has 0 amide bonds. The average molecular weight is 1210 g/mol. The lowest BCUT2D eigenvalue weighted by molar-refractivity contribution is 1.08. The van der Waals surface area contributed by atoms with Gasteiger partial charge < -0.3 is 13.7 Å². The minimum atomic E-state index is 0.178. The van der Waals surface area contributed by atoms with Crippen molar-refractivity contribution in [3.05, 3.63) is 308 Å². The SMILES string of the molecule is N#Cc1cc(C#N)c(-c2cnc(-c3c(-n4c5ccccc5c5ccccc54)c(-n4c5ccccc5c5ccccc54)c4c(sc5c(-c6ccccc6)c(-c6ccccc6)c(-c6ccccc6)c(-c6ccccc6)c54)c3-n3c4ccccc4c4ccccc43)nc2)c(C#N)c1. The molecule has 9 heteroatoms. The van der Waals surface area contributed by atoms with Gasteiger partial charge in [0.1, 0.15) is 0 Å². The van der Waals surface area contributed by atoms with Crippen LogP contribution >= 0.6 is 11.3 Å². The van der Waals surface area contributed by atoms with E-state index < -0.39 is 0 Å². The third kappa shape index (κ3) is 8.01. The van der Waals surface area contributed by atoms with E-state index in [1.807, 2.05) is 0 Å². The van der Waals surface area contributed by atoms with Gasteiger partial charge in [-0.2, -0.15) is 15.8 Å². The van der Waals surface area contributed by atoms with Crippen molar-refractivity contribution in [2.75, 3.05) is 0 Å². The van der Waals surface area contributed by atoms with Crippen LogP contribution in [0.4, 0.5) is 0 Å². The fraction of sp³-hybridized carbons (Fsp3) is 0. The third-order valence-electron chi connectivity index (χ3n) is 18.6. The zero-order valence-electron chi connectivity index (χ0n) is 50.2. The predicted molar refractivity (Wildman–Crippen MR) is 385 cm³/mol. The molecule has 94 heavy (non-hydrogen) atoms. The van der Waals surface area contributed by atoms with E-state index in [4.69, 9.17) is 9.97 Å². The van der Waals surface area contributed by atoms with E-state index in [2.05, 4.69) is 299 Å². The first-order valence-corrected chi connectivity index (χ1v) is 32.0. The summed E-state index contributed by atoms with van der Waals surface area (Å²) in [5, 5.41) is 40.2. The molecule has 0 spiro atoms. The number of rotatable bonds is 9. The average Bonchev–Trinajstić information content (AvgIpc) is 1.49. The number of nitrogens with zero attached hydrogens (tertiary/aromatic N) is 8. The highest BCUT2D eigenvalue weighted by Crippen LogP contribution is 2.60. The Morgan fingerprint density at radius 3 is 0.989 bits per heavy atom. The van der Waals surface area contributed by atoms with Crippen LogP contribution in [0.3, 0.4) is 0 Å². The standard InChI is InChI=1S/C85H48N8S/c86-47-52-45-57(48-87)72(58(46-52)49-88)59-50-89-85(90-51-59)79-81(92-68-41-21-15-35-62(68)63-36-16-22-42-69(63)92)80(91-66-39-19-13-33-60(66)61-34-14-20-40-67(61)91)78-77-75(55-29-9-3-10-30-55)73(53-25-5-1-6-26-53)74(54-27-7-2-8-28-54)76(56-31-11-4-12-32-56)83(77)94-84(78)82(79)93-70-43-23-17-37-64(70)65-38-18-24-44-71(65)93/h1-46,50-51H. The van der Waals surface area contributed by atoms with Gasteiger partial charge in [-0.05, 0) is 87.5 Å². The first kappa shape index (κ1) is 54.0. The van der Waals surface area contributed by atoms with Crippen molar-refractivity contribution in [1.82, 2.24) is 23.7 Å². The summed E-state index contributed by atoms with van der Waals surface area (Å²) in [4.78, 5) is 11.2. The summed E-state index contributed by atoms with van der Waals surface area (Å²) in [5.41, 5.74) is 19.5. The molecule has 5 heterocycles. The third-order valence-corrected chi connectivity index (χ3v) is 19.8. The molecule has 0 aliphatic carbocycles. The molecule has 0 aliphatic heterocycles. The second kappa shape index (κ2) is 21.6. The molecule has 0 bridgehead atoms. The largest absolute Gasteiger partial charge is 0.307 e. The smallest absolute Gasteiger partial charge is 0.163 e. The van der Waals surface area contributed by atoms with Crippen molar-refractivity contribution in [2.45, 2.75) is 0 Å². The fourth-order valence-electron chi connectivity index (χ4n) is 14.9. The molecule has 0 aliphatic rings. The normalized spacial score (nSPS) is 11.6. The highest BCUT2D eigenvalue weighted by Gasteiger charge is 2.36. The second-order valence-corrected chi connectivity index (χ2v) is 24.6. The maximum atomic E-state index is 10.7. The highest BCUT2D eigenvalue weighted by atomic mass is 32.1. The lowest BCUT2D eigenvalue weighted by Gasteiger charge is -2.26. The van der Waals surface area contributed by atoms with Crippen molar-refractivity contribution < 1.29 is 0 Å². The summed E-state index contributed by atoms with van der Waals surface area (Å²) >= 11 is 1.81. The fourth-order valence-corrected chi connectivity index (χ4v) is 16.3. The Bertz CT molecular complexity index is 6100. The quantitative estimate of drug-likeness (QED) is 0.143. The summed E-state index contributed by atoms with van der Waals surface area (Å²) in [6, 6.07) is 106. The van der Waals surface area contributed by atoms with Gasteiger partial charge in [0, 0.05) is 76.9 Å². The van der Waals surface area contributed by atoms with E-state index >= 15 is 0 Å². The van der Waals surface area contributed by atoms with Crippen molar-refractivity contribution in [1.29, 1.82) is 15.8 Å². The maximum Gasteiger partial charge on any atom is 0.163 e. The number of hydrogen-bond donors (Lipinski definition) is 0. The Hall–Kier alpha value is -13.0. The molecule has 0 unspecified atom stereocenters. The number of benzene rings is 13. The van der Waals surface area contributed by atoms with Crippen molar-refractivity contribution >= 4 is 96.9 Å². The molecule has 13 aromatic carbocycles. The van der Waals surface area contributed by atoms with Crippen molar-refractivity contribution in [2.24, 2.45) is 0 Å². The van der Waals surface area contributed by atoms with Crippen LogP contribution in [0.2, 0.25) is 0 Å². The zero-order valence-corrected chi connectivity index (χ0v) is 51.0. The molecule has 0 saturated heterocycles.